The van der Waals surface area contributed by atoms with Gasteiger partial charge in [0.15, 0.2) is 11.5 Å². The maximum Gasteiger partial charge on any atom is 0.201 e. The second-order valence-corrected chi connectivity index (χ2v) is 16.5. The highest BCUT2D eigenvalue weighted by Gasteiger charge is 2.13. The van der Waals surface area contributed by atoms with Crippen molar-refractivity contribution in [2.75, 3.05) is 85.3 Å². The van der Waals surface area contributed by atoms with E-state index in [1.807, 2.05) is 12.1 Å². The summed E-state index contributed by atoms with van der Waals surface area (Å²) in [5.74, 6) is 1.41. The summed E-state index contributed by atoms with van der Waals surface area (Å²) in [6.07, 6.45) is 0.860. The predicted molar refractivity (Wildman–Crippen MR) is 244 cm³/mol. The molecule has 0 radical (unpaired) electrons. The lowest BCUT2D eigenvalue weighted by Gasteiger charge is -2.20. The number of anilines is 1. The molecule has 2 aliphatic rings. The number of aliphatic hydroxyl groups excluding tert-OH is 1. The SMILES string of the molecule is Cc1ccc(COc2ccc(CC[C@H](O)CNCCOCCOCCOCCN(C)c3ccc4nc5ccc(=[N+](C)C)cc-5sc4c3)cc2OCc2ccc(C)cc2)cc1. The zero-order valence-electron chi connectivity index (χ0n) is 35.8. The number of aromatic nitrogens is 1. The van der Waals surface area contributed by atoms with E-state index >= 15 is 0 Å². The van der Waals surface area contributed by atoms with Gasteiger partial charge in [-0.25, -0.2) is 9.56 Å². The van der Waals surface area contributed by atoms with Crippen molar-refractivity contribution in [3.8, 4) is 22.1 Å². The number of aliphatic hydroxyl groups is 1. The number of hydrogen-bond acceptors (Lipinski definition) is 10. The van der Waals surface area contributed by atoms with E-state index < -0.39 is 6.10 Å². The molecule has 11 heteroatoms. The van der Waals surface area contributed by atoms with E-state index in [1.165, 1.54) is 21.4 Å². The van der Waals surface area contributed by atoms with Crippen LogP contribution in [0, 0.1) is 13.8 Å². The molecule has 4 aromatic rings. The summed E-state index contributed by atoms with van der Waals surface area (Å²) in [6.45, 7) is 10.2. The Labute approximate surface area is 359 Å². The number of aryl methyl sites for hydroxylation is 3. The lowest BCUT2D eigenvalue weighted by Crippen LogP contribution is -2.30. The summed E-state index contributed by atoms with van der Waals surface area (Å²) in [4.78, 5) is 8.25. The normalized spacial score (nSPS) is 11.9. The maximum atomic E-state index is 10.7. The fourth-order valence-corrected chi connectivity index (χ4v) is 7.50. The Kier molecular flexibility index (Phi) is 17.3. The quantitative estimate of drug-likeness (QED) is 0.0371. The first-order valence-corrected chi connectivity index (χ1v) is 21.7. The first-order chi connectivity index (χ1) is 29.2. The van der Waals surface area contributed by atoms with Crippen molar-refractivity contribution in [2.24, 2.45) is 0 Å². The van der Waals surface area contributed by atoms with Crippen LogP contribution >= 0.6 is 11.3 Å². The molecule has 0 unspecified atom stereocenters. The molecule has 0 saturated carbocycles. The van der Waals surface area contributed by atoms with Crippen LogP contribution in [0.15, 0.2) is 103 Å². The Morgan fingerprint density at radius 2 is 1.33 bits per heavy atom. The Balaban J connectivity index is 0.810. The topological polar surface area (TPSA) is 97.6 Å². The monoisotopic (exact) mass is 833 g/mol. The number of nitrogens with one attached hydrogen (secondary N) is 1. The molecule has 0 aromatic heterocycles. The van der Waals surface area contributed by atoms with E-state index in [0.717, 1.165) is 51.3 Å². The molecule has 0 spiro atoms. The Hall–Kier alpha value is -4.88. The average molecular weight is 834 g/mol. The second-order valence-electron chi connectivity index (χ2n) is 15.4. The summed E-state index contributed by atoms with van der Waals surface area (Å²) in [5, 5.41) is 15.2. The highest BCUT2D eigenvalue weighted by atomic mass is 32.1. The lowest BCUT2D eigenvalue weighted by molar-refractivity contribution is 0.0161. The molecule has 0 amide bonds. The van der Waals surface area contributed by atoms with Gasteiger partial charge in [-0.05, 0) is 79.8 Å². The van der Waals surface area contributed by atoms with E-state index in [2.05, 4.69) is 141 Å². The van der Waals surface area contributed by atoms with Crippen LogP contribution < -0.4 is 29.6 Å². The Morgan fingerprint density at radius 1 is 0.700 bits per heavy atom. The molecule has 4 aromatic carbocycles. The molecule has 318 valence electrons. The standard InChI is InChI=1S/C49H61N4O6S/c1-36-6-10-39(11-7-36)34-58-46-21-15-38(30-47(46)59-35-40-12-8-37(2)9-13-40)14-18-43(54)33-50-22-24-55-26-28-57-29-27-56-25-23-53(5)42-17-20-45-49(32-42)60-48-31-41(52(3)4)16-19-44(48)51-45/h6-13,15-17,19-21,30-32,43,50,54H,14,18,22-29,33-35H2,1-5H3/q+1/t43-/m0/s1. The molecule has 2 N–H and O–H groups in total. The van der Waals surface area contributed by atoms with Gasteiger partial charge in [-0.3, -0.25) is 0 Å². The van der Waals surface area contributed by atoms with Gasteiger partial charge in [-0.1, -0.05) is 65.7 Å². The minimum absolute atomic E-state index is 0.446. The number of rotatable bonds is 24. The van der Waals surface area contributed by atoms with Gasteiger partial charge in [0.2, 0.25) is 5.36 Å². The molecule has 0 saturated heterocycles. The van der Waals surface area contributed by atoms with Crippen molar-refractivity contribution in [2.45, 2.75) is 46.0 Å². The van der Waals surface area contributed by atoms with E-state index in [0.29, 0.717) is 83.9 Å². The molecule has 0 bridgehead atoms. The zero-order chi connectivity index (χ0) is 42.1. The molecule has 0 fully saturated rings. The summed E-state index contributed by atoms with van der Waals surface area (Å²) in [6, 6.07) is 35.6. The number of hydrogen-bond donors (Lipinski definition) is 2. The van der Waals surface area contributed by atoms with E-state index in [-0.39, 0.29) is 0 Å². The molecule has 1 aliphatic heterocycles. The van der Waals surface area contributed by atoms with Crippen LogP contribution in [-0.2, 0) is 33.8 Å². The summed E-state index contributed by atoms with van der Waals surface area (Å²) < 4.78 is 33.0. The summed E-state index contributed by atoms with van der Waals surface area (Å²) in [5.41, 5.74) is 8.89. The van der Waals surface area contributed by atoms with Crippen molar-refractivity contribution in [3.05, 3.63) is 136 Å². The molecule has 1 atom stereocenters. The van der Waals surface area contributed by atoms with Crippen molar-refractivity contribution in [1.29, 1.82) is 0 Å². The first-order valence-electron chi connectivity index (χ1n) is 20.9. The molecular weight excluding hydrogens is 773 g/mol. The number of nitrogens with zero attached hydrogens (tertiary/aromatic N) is 3. The Bertz CT molecular complexity index is 2260. The molecular formula is C49H61N4O6S+. The number of fused-ring (bicyclic) bond motifs is 2. The predicted octanol–water partition coefficient (Wildman–Crippen LogP) is 7.28. The average Bonchev–Trinajstić information content (AvgIpc) is 3.25. The number of likely N-dealkylation sites (N-methyl/N-ethyl adjacent to an activating group) is 1. The van der Waals surface area contributed by atoms with Crippen LogP contribution in [-0.4, -0.2) is 96.6 Å². The minimum atomic E-state index is -0.481. The van der Waals surface area contributed by atoms with Crippen molar-refractivity contribution in [3.63, 3.8) is 0 Å². The summed E-state index contributed by atoms with van der Waals surface area (Å²) in [7, 11) is 6.20. The lowest BCUT2D eigenvalue weighted by atomic mass is 10.1. The highest BCUT2D eigenvalue weighted by Crippen LogP contribution is 2.32. The number of benzene rings is 5. The largest absolute Gasteiger partial charge is 0.485 e. The van der Waals surface area contributed by atoms with Crippen LogP contribution in [0.4, 0.5) is 5.69 Å². The third-order valence-corrected chi connectivity index (χ3v) is 11.3. The third-order valence-electron chi connectivity index (χ3n) is 10.2. The van der Waals surface area contributed by atoms with Crippen LogP contribution in [0.25, 0.3) is 20.8 Å². The van der Waals surface area contributed by atoms with Crippen molar-refractivity contribution >= 4 is 27.2 Å². The van der Waals surface area contributed by atoms with Gasteiger partial charge in [0, 0.05) is 44.5 Å². The number of ether oxygens (including phenoxy) is 5. The zero-order valence-corrected chi connectivity index (χ0v) is 36.6. The molecule has 6 rings (SSSR count). The summed E-state index contributed by atoms with van der Waals surface area (Å²) >= 11 is 1.77. The second kappa shape index (κ2) is 23.2. The van der Waals surface area contributed by atoms with Gasteiger partial charge in [-0.15, -0.1) is 11.3 Å². The molecule has 10 nitrogen and oxygen atoms in total. The molecule has 1 heterocycles. The van der Waals surface area contributed by atoms with Crippen molar-refractivity contribution < 1.29 is 28.8 Å². The van der Waals surface area contributed by atoms with Gasteiger partial charge in [-0.2, -0.15) is 0 Å². The van der Waals surface area contributed by atoms with E-state index in [4.69, 9.17) is 28.7 Å². The van der Waals surface area contributed by atoms with Crippen molar-refractivity contribution in [1.82, 2.24) is 14.9 Å². The fourth-order valence-electron chi connectivity index (χ4n) is 6.47. The van der Waals surface area contributed by atoms with E-state index in [1.54, 1.807) is 11.3 Å². The van der Waals surface area contributed by atoms with Gasteiger partial charge in [0.25, 0.3) is 0 Å². The van der Waals surface area contributed by atoms with Gasteiger partial charge >= 0.3 is 0 Å². The van der Waals surface area contributed by atoms with Gasteiger partial charge in [0.05, 0.1) is 66.5 Å². The van der Waals surface area contributed by atoms with Gasteiger partial charge in [0.1, 0.15) is 27.3 Å². The maximum absolute atomic E-state index is 10.7. The van der Waals surface area contributed by atoms with Crippen LogP contribution in [0.3, 0.4) is 0 Å². The fraction of sp³-hybridized carbons (Fsp3) is 0.388. The van der Waals surface area contributed by atoms with Gasteiger partial charge < -0.3 is 39.0 Å². The minimum Gasteiger partial charge on any atom is -0.485 e. The smallest absolute Gasteiger partial charge is 0.201 e. The third kappa shape index (κ3) is 14.1. The van der Waals surface area contributed by atoms with Crippen LogP contribution in [0.2, 0.25) is 0 Å². The van der Waals surface area contributed by atoms with Crippen LogP contribution in [0.5, 0.6) is 11.5 Å². The molecule has 60 heavy (non-hydrogen) atoms. The molecule has 1 aliphatic carbocycles. The first kappa shape index (κ1) is 44.7. The highest BCUT2D eigenvalue weighted by molar-refractivity contribution is 7.21. The van der Waals surface area contributed by atoms with Crippen LogP contribution in [0.1, 0.15) is 34.2 Å². The Morgan fingerprint density at radius 3 is 2.02 bits per heavy atom. The van der Waals surface area contributed by atoms with E-state index in [9.17, 15) is 5.11 Å².